The summed E-state index contributed by atoms with van der Waals surface area (Å²) in [5, 5.41) is 6.87. The number of methoxy groups -OCH3 is 2. The van der Waals surface area contributed by atoms with E-state index in [1.54, 1.807) is 30.2 Å². The number of ether oxygens (including phenoxy) is 2. The van der Waals surface area contributed by atoms with Gasteiger partial charge in [0.1, 0.15) is 11.5 Å². The third kappa shape index (κ3) is 4.42. The van der Waals surface area contributed by atoms with E-state index in [1.165, 1.54) is 18.1 Å². The van der Waals surface area contributed by atoms with Gasteiger partial charge in [0.25, 0.3) is 0 Å². The molecular formula is C23H26N4O4. The molecule has 3 N–H and O–H groups in total. The van der Waals surface area contributed by atoms with Crippen molar-refractivity contribution in [2.75, 3.05) is 32.6 Å². The standard InChI is InChI=1S/C23H26N4O4/c1-30-15-7-8-21(31-2)19(13-15)26-22(28)9-11-24-23(29)27-12-10-17-16-5-3-4-6-18(16)25-20(17)14-27/h3-8,13,25H,9-12,14H2,1-2H3,(H,24,29)(H,26,28). The van der Waals surface area contributed by atoms with Crippen molar-refractivity contribution in [2.45, 2.75) is 19.4 Å². The molecule has 2 aromatic carbocycles. The summed E-state index contributed by atoms with van der Waals surface area (Å²) in [7, 11) is 3.09. The Bertz CT molecular complexity index is 1110. The van der Waals surface area contributed by atoms with Crippen molar-refractivity contribution in [2.24, 2.45) is 0 Å². The van der Waals surface area contributed by atoms with Crippen LogP contribution in [-0.4, -0.2) is 49.1 Å². The molecule has 2 heterocycles. The number of hydrogen-bond acceptors (Lipinski definition) is 4. The smallest absolute Gasteiger partial charge is 0.317 e. The lowest BCUT2D eigenvalue weighted by Crippen LogP contribution is -2.43. The zero-order valence-electron chi connectivity index (χ0n) is 17.7. The van der Waals surface area contributed by atoms with E-state index < -0.39 is 0 Å². The molecule has 0 radical (unpaired) electrons. The summed E-state index contributed by atoms with van der Waals surface area (Å²) in [6, 6.07) is 13.2. The molecule has 0 unspecified atom stereocenters. The first-order chi connectivity index (χ1) is 15.1. The molecule has 1 aromatic heterocycles. The van der Waals surface area contributed by atoms with E-state index in [2.05, 4.69) is 21.7 Å². The van der Waals surface area contributed by atoms with E-state index in [9.17, 15) is 9.59 Å². The summed E-state index contributed by atoms with van der Waals surface area (Å²) in [4.78, 5) is 30.1. The molecule has 31 heavy (non-hydrogen) atoms. The number of urea groups is 1. The highest BCUT2D eigenvalue weighted by Gasteiger charge is 2.23. The van der Waals surface area contributed by atoms with Gasteiger partial charge in [0.15, 0.2) is 0 Å². The number of aromatic nitrogens is 1. The van der Waals surface area contributed by atoms with Gasteiger partial charge in [-0.25, -0.2) is 4.79 Å². The predicted octanol–water partition coefficient (Wildman–Crippen LogP) is 3.28. The summed E-state index contributed by atoms with van der Waals surface area (Å²) in [6.07, 6.45) is 0.959. The Kier molecular flexibility index (Phi) is 5.97. The van der Waals surface area contributed by atoms with Crippen molar-refractivity contribution < 1.29 is 19.1 Å². The van der Waals surface area contributed by atoms with Crippen LogP contribution < -0.4 is 20.1 Å². The fourth-order valence-electron chi connectivity index (χ4n) is 3.89. The Morgan fingerprint density at radius 1 is 1.13 bits per heavy atom. The van der Waals surface area contributed by atoms with Crippen molar-refractivity contribution >= 4 is 28.5 Å². The summed E-state index contributed by atoms with van der Waals surface area (Å²) in [5.74, 6) is 0.940. The molecule has 0 saturated heterocycles. The average molecular weight is 422 g/mol. The number of carbonyl (C=O) groups is 2. The van der Waals surface area contributed by atoms with Crippen LogP contribution in [0.5, 0.6) is 11.5 Å². The summed E-state index contributed by atoms with van der Waals surface area (Å²) >= 11 is 0. The molecule has 3 amide bonds. The second-order valence-corrected chi connectivity index (χ2v) is 7.40. The van der Waals surface area contributed by atoms with Gasteiger partial charge < -0.3 is 30.0 Å². The Labute approximate surface area is 180 Å². The minimum absolute atomic E-state index is 0.150. The lowest BCUT2D eigenvalue weighted by molar-refractivity contribution is -0.116. The van der Waals surface area contributed by atoms with Crippen molar-refractivity contribution in [1.82, 2.24) is 15.2 Å². The maximum atomic E-state index is 12.6. The molecule has 0 spiro atoms. The molecule has 8 nitrogen and oxygen atoms in total. The number of aromatic amines is 1. The number of amides is 3. The van der Waals surface area contributed by atoms with Crippen molar-refractivity contribution in [3.63, 3.8) is 0 Å². The third-order valence-corrected chi connectivity index (χ3v) is 5.48. The predicted molar refractivity (Wildman–Crippen MR) is 119 cm³/mol. The zero-order chi connectivity index (χ0) is 21.8. The first kappa shape index (κ1) is 20.6. The number of carbonyl (C=O) groups excluding carboxylic acids is 2. The van der Waals surface area contributed by atoms with Crippen molar-refractivity contribution in [1.29, 1.82) is 0 Å². The number of nitrogens with zero attached hydrogens (tertiary/aromatic N) is 1. The minimum atomic E-state index is -0.219. The van der Waals surface area contributed by atoms with E-state index in [1.807, 2.05) is 18.2 Å². The number of nitrogens with one attached hydrogen (secondary N) is 3. The van der Waals surface area contributed by atoms with Crippen LogP contribution in [0.2, 0.25) is 0 Å². The third-order valence-electron chi connectivity index (χ3n) is 5.48. The van der Waals surface area contributed by atoms with Crippen LogP contribution in [0.4, 0.5) is 10.5 Å². The highest BCUT2D eigenvalue weighted by atomic mass is 16.5. The molecule has 1 aliphatic rings. The van der Waals surface area contributed by atoms with Crippen LogP contribution in [0.1, 0.15) is 17.7 Å². The van der Waals surface area contributed by atoms with E-state index in [0.717, 1.165) is 17.6 Å². The van der Waals surface area contributed by atoms with E-state index in [4.69, 9.17) is 9.47 Å². The van der Waals surface area contributed by atoms with Gasteiger partial charge >= 0.3 is 6.03 Å². The number of anilines is 1. The van der Waals surface area contributed by atoms with E-state index in [-0.39, 0.29) is 24.9 Å². The fraction of sp³-hybridized carbons (Fsp3) is 0.304. The van der Waals surface area contributed by atoms with Crippen LogP contribution >= 0.6 is 0 Å². The SMILES string of the molecule is COc1ccc(OC)c(NC(=O)CCNC(=O)N2CCc3c([nH]c4ccccc34)C2)c1. The first-order valence-corrected chi connectivity index (χ1v) is 10.2. The molecule has 0 aliphatic carbocycles. The summed E-state index contributed by atoms with van der Waals surface area (Å²) < 4.78 is 10.5. The largest absolute Gasteiger partial charge is 0.497 e. The van der Waals surface area contributed by atoms with Gasteiger partial charge in [-0.15, -0.1) is 0 Å². The maximum absolute atomic E-state index is 12.6. The topological polar surface area (TPSA) is 95.7 Å². The summed E-state index contributed by atoms with van der Waals surface area (Å²) in [5.41, 5.74) is 3.98. The monoisotopic (exact) mass is 422 g/mol. The number of H-pyrrole nitrogens is 1. The quantitative estimate of drug-likeness (QED) is 0.568. The van der Waals surface area contributed by atoms with Gasteiger partial charge in [0.2, 0.25) is 5.91 Å². The highest BCUT2D eigenvalue weighted by molar-refractivity contribution is 5.93. The number of hydrogen-bond donors (Lipinski definition) is 3. The molecule has 3 aromatic rings. The molecule has 4 rings (SSSR count). The van der Waals surface area contributed by atoms with Gasteiger partial charge in [-0.3, -0.25) is 4.79 Å². The van der Waals surface area contributed by atoms with Crippen molar-refractivity contribution in [3.8, 4) is 11.5 Å². The molecule has 8 heteroatoms. The lowest BCUT2D eigenvalue weighted by Gasteiger charge is -2.27. The Balaban J connectivity index is 1.29. The van der Waals surface area contributed by atoms with Gasteiger partial charge in [-0.1, -0.05) is 18.2 Å². The number of fused-ring (bicyclic) bond motifs is 3. The maximum Gasteiger partial charge on any atom is 0.317 e. The second-order valence-electron chi connectivity index (χ2n) is 7.40. The molecule has 0 bridgehead atoms. The Hall–Kier alpha value is -3.68. The van der Waals surface area contributed by atoms with Crippen LogP contribution in [0.15, 0.2) is 42.5 Å². The van der Waals surface area contributed by atoms with Gasteiger partial charge in [0.05, 0.1) is 26.5 Å². The van der Waals surface area contributed by atoms with Gasteiger partial charge in [-0.2, -0.15) is 0 Å². The Morgan fingerprint density at radius 2 is 1.97 bits per heavy atom. The van der Waals surface area contributed by atoms with Crippen LogP contribution in [0, 0.1) is 0 Å². The molecule has 0 saturated carbocycles. The first-order valence-electron chi connectivity index (χ1n) is 10.2. The van der Waals surface area contributed by atoms with Crippen LogP contribution in [0.3, 0.4) is 0 Å². The number of rotatable bonds is 6. The van der Waals surface area contributed by atoms with Crippen molar-refractivity contribution in [3.05, 3.63) is 53.7 Å². The molecule has 0 fully saturated rings. The summed E-state index contributed by atoms with van der Waals surface area (Å²) in [6.45, 7) is 1.42. The number of para-hydroxylation sites is 1. The molecule has 162 valence electrons. The normalized spacial score (nSPS) is 12.9. The van der Waals surface area contributed by atoms with Crippen LogP contribution in [0.25, 0.3) is 10.9 Å². The highest BCUT2D eigenvalue weighted by Crippen LogP contribution is 2.29. The van der Waals surface area contributed by atoms with E-state index >= 15 is 0 Å². The lowest BCUT2D eigenvalue weighted by atomic mass is 10.0. The second kappa shape index (κ2) is 8.99. The van der Waals surface area contributed by atoms with E-state index in [0.29, 0.717) is 30.3 Å². The molecule has 1 aliphatic heterocycles. The van der Waals surface area contributed by atoms with Gasteiger partial charge in [-0.05, 0) is 30.2 Å². The Morgan fingerprint density at radius 3 is 2.77 bits per heavy atom. The molecule has 0 atom stereocenters. The molecular weight excluding hydrogens is 396 g/mol. The fourth-order valence-corrected chi connectivity index (χ4v) is 3.89. The zero-order valence-corrected chi connectivity index (χ0v) is 17.7. The van der Waals surface area contributed by atoms with Gasteiger partial charge in [0, 0.05) is 42.2 Å². The minimum Gasteiger partial charge on any atom is -0.497 e. The average Bonchev–Trinajstić information content (AvgIpc) is 3.16. The number of benzene rings is 2. The van der Waals surface area contributed by atoms with Crippen LogP contribution in [-0.2, 0) is 17.8 Å².